The van der Waals surface area contributed by atoms with Crippen molar-refractivity contribution in [2.75, 3.05) is 26.9 Å². The summed E-state index contributed by atoms with van der Waals surface area (Å²) in [4.78, 5) is 23.9. The van der Waals surface area contributed by atoms with Gasteiger partial charge >= 0.3 is 11.9 Å². The van der Waals surface area contributed by atoms with Crippen molar-refractivity contribution in [3.05, 3.63) is 11.3 Å². The highest BCUT2D eigenvalue weighted by atomic mass is 16.5. The van der Waals surface area contributed by atoms with Crippen molar-refractivity contribution in [1.29, 1.82) is 0 Å². The Hall–Kier alpha value is -1.44. The van der Waals surface area contributed by atoms with Crippen molar-refractivity contribution in [2.24, 2.45) is 5.41 Å². The lowest BCUT2D eigenvalue weighted by atomic mass is 9.85. The lowest BCUT2D eigenvalue weighted by molar-refractivity contribution is -0.140. The number of allylic oxidation sites excluding steroid dienone is 1. The van der Waals surface area contributed by atoms with Gasteiger partial charge in [0.1, 0.15) is 5.76 Å². The van der Waals surface area contributed by atoms with Gasteiger partial charge in [0.25, 0.3) is 0 Å². The summed E-state index contributed by atoms with van der Waals surface area (Å²) in [6, 6.07) is 0. The number of esters is 2. The van der Waals surface area contributed by atoms with E-state index in [2.05, 4.69) is 11.7 Å². The summed E-state index contributed by atoms with van der Waals surface area (Å²) in [6.45, 7) is 2.35. The van der Waals surface area contributed by atoms with E-state index < -0.39 is 37.2 Å². The minimum atomic E-state index is -1.10. The molecule has 0 radical (unpaired) electrons. The van der Waals surface area contributed by atoms with Crippen molar-refractivity contribution >= 4 is 11.9 Å². The van der Waals surface area contributed by atoms with Gasteiger partial charge in [-0.25, -0.2) is 4.79 Å². The molecule has 0 aliphatic heterocycles. The number of ether oxygens (including phenoxy) is 2. The Morgan fingerprint density at radius 3 is 2.00 bits per heavy atom. The van der Waals surface area contributed by atoms with Crippen LogP contribution in [0, 0.1) is 5.41 Å². The summed E-state index contributed by atoms with van der Waals surface area (Å²) < 4.78 is 10.0. The highest BCUT2D eigenvalue weighted by molar-refractivity contribution is 5.88. The number of rotatable bonds is 14. The zero-order valence-corrected chi connectivity index (χ0v) is 16.3. The number of methoxy groups -OCH3 is 1. The van der Waals surface area contributed by atoms with Crippen LogP contribution in [0.4, 0.5) is 0 Å². The van der Waals surface area contributed by atoms with E-state index in [9.17, 15) is 24.9 Å². The summed E-state index contributed by atoms with van der Waals surface area (Å²) in [6.07, 6.45) is 5.52. The number of aliphatic hydroxyl groups excluding tert-OH is 3. The predicted molar refractivity (Wildman–Crippen MR) is 97.1 cm³/mol. The fraction of sp³-hybridized carbons (Fsp3) is 0.789. The molecule has 0 spiro atoms. The van der Waals surface area contributed by atoms with Crippen LogP contribution in [-0.2, 0) is 19.1 Å². The highest BCUT2D eigenvalue weighted by Gasteiger charge is 2.29. The van der Waals surface area contributed by atoms with Crippen LogP contribution in [0.5, 0.6) is 0 Å². The maximum atomic E-state index is 12.1. The Morgan fingerprint density at radius 1 is 0.923 bits per heavy atom. The fourth-order valence-corrected chi connectivity index (χ4v) is 2.41. The van der Waals surface area contributed by atoms with Gasteiger partial charge in [0.2, 0.25) is 0 Å². The van der Waals surface area contributed by atoms with Crippen LogP contribution in [0.2, 0.25) is 0 Å². The maximum absolute atomic E-state index is 12.1. The lowest BCUT2D eigenvalue weighted by Crippen LogP contribution is -2.34. The molecule has 0 atom stereocenters. The van der Waals surface area contributed by atoms with E-state index in [1.807, 2.05) is 0 Å². The monoisotopic (exact) mass is 374 g/mol. The van der Waals surface area contributed by atoms with Gasteiger partial charge in [0.05, 0.1) is 32.5 Å². The third-order valence-corrected chi connectivity index (χ3v) is 4.52. The predicted octanol–water partition coefficient (Wildman–Crippen LogP) is 2.08. The summed E-state index contributed by atoms with van der Waals surface area (Å²) in [7, 11) is 1.23. The number of unbranched alkanes of at least 4 members (excludes halogenated alkanes) is 4. The lowest BCUT2D eigenvalue weighted by Gasteiger charge is -2.27. The van der Waals surface area contributed by atoms with Crippen LogP contribution in [0.25, 0.3) is 0 Å². The van der Waals surface area contributed by atoms with Crippen LogP contribution < -0.4 is 0 Å². The summed E-state index contributed by atoms with van der Waals surface area (Å²) in [5.74, 6) is -0.893. The fourth-order valence-electron chi connectivity index (χ4n) is 2.41. The first-order valence-corrected chi connectivity index (χ1v) is 9.21. The second-order valence-electron chi connectivity index (χ2n) is 6.65. The van der Waals surface area contributed by atoms with Crippen molar-refractivity contribution in [1.82, 2.24) is 0 Å². The first-order valence-electron chi connectivity index (χ1n) is 9.21. The van der Waals surface area contributed by atoms with Crippen LogP contribution in [-0.4, -0.2) is 54.2 Å². The Bertz CT molecular complexity index is 445. The van der Waals surface area contributed by atoms with Gasteiger partial charge in [0, 0.05) is 18.3 Å². The molecule has 0 saturated heterocycles. The van der Waals surface area contributed by atoms with E-state index in [1.54, 1.807) is 0 Å². The molecule has 26 heavy (non-hydrogen) atoms. The van der Waals surface area contributed by atoms with E-state index in [-0.39, 0.29) is 30.6 Å². The molecule has 7 nitrogen and oxygen atoms in total. The number of hydrogen-bond donors (Lipinski definition) is 3. The second-order valence-corrected chi connectivity index (χ2v) is 6.65. The molecule has 0 saturated carbocycles. The smallest absolute Gasteiger partial charge is 0.336 e. The second kappa shape index (κ2) is 13.7. The molecule has 0 fully saturated rings. The molecule has 0 aliphatic carbocycles. The molecule has 0 heterocycles. The molecule has 152 valence electrons. The average Bonchev–Trinajstić information content (AvgIpc) is 2.67. The van der Waals surface area contributed by atoms with Gasteiger partial charge in [-0.15, -0.1) is 0 Å². The molecule has 0 aromatic carbocycles. The molecule has 0 amide bonds. The van der Waals surface area contributed by atoms with Crippen molar-refractivity contribution < 1.29 is 34.4 Å². The van der Waals surface area contributed by atoms with Gasteiger partial charge in [-0.3, -0.25) is 4.79 Å². The molecule has 0 aromatic heterocycles. The van der Waals surface area contributed by atoms with E-state index in [1.165, 1.54) is 14.0 Å². The molecular weight excluding hydrogens is 340 g/mol. The average molecular weight is 374 g/mol. The SMILES string of the molecule is CCCCCCCC(=O)OC(CCC(CO)(CO)CO)=C(C)C(=O)OC. The van der Waals surface area contributed by atoms with Gasteiger partial charge in [0.15, 0.2) is 0 Å². The molecule has 7 heteroatoms. The minimum absolute atomic E-state index is 0.115. The third-order valence-electron chi connectivity index (χ3n) is 4.52. The largest absolute Gasteiger partial charge is 0.466 e. The molecule has 0 rings (SSSR count). The van der Waals surface area contributed by atoms with Crippen LogP contribution >= 0.6 is 0 Å². The van der Waals surface area contributed by atoms with E-state index in [0.29, 0.717) is 0 Å². The zero-order valence-electron chi connectivity index (χ0n) is 16.3. The zero-order chi connectivity index (χ0) is 20.0. The molecule has 0 bridgehead atoms. The summed E-state index contributed by atoms with van der Waals surface area (Å²) >= 11 is 0. The number of aliphatic hydroxyl groups is 3. The van der Waals surface area contributed by atoms with E-state index in [4.69, 9.17) is 4.74 Å². The Balaban J connectivity index is 4.93. The van der Waals surface area contributed by atoms with Crippen LogP contribution in [0.15, 0.2) is 11.3 Å². The first kappa shape index (κ1) is 24.6. The van der Waals surface area contributed by atoms with Gasteiger partial charge < -0.3 is 24.8 Å². The first-order chi connectivity index (χ1) is 12.4. The van der Waals surface area contributed by atoms with Gasteiger partial charge in [-0.2, -0.15) is 0 Å². The molecular formula is C19H34O7. The normalized spacial score (nSPS) is 12.5. The summed E-state index contributed by atoms with van der Waals surface area (Å²) in [5, 5.41) is 28.3. The summed E-state index contributed by atoms with van der Waals surface area (Å²) in [5.41, 5.74) is -0.941. The Labute approximate surface area is 156 Å². The van der Waals surface area contributed by atoms with Crippen LogP contribution in [0.1, 0.15) is 65.2 Å². The van der Waals surface area contributed by atoms with Gasteiger partial charge in [-0.05, 0) is 19.8 Å². The van der Waals surface area contributed by atoms with E-state index in [0.717, 1.165) is 32.1 Å². The Kier molecular flexibility index (Phi) is 13.0. The topological polar surface area (TPSA) is 113 Å². The molecule has 3 N–H and O–H groups in total. The maximum Gasteiger partial charge on any atom is 0.336 e. The van der Waals surface area contributed by atoms with Crippen molar-refractivity contribution in [3.8, 4) is 0 Å². The van der Waals surface area contributed by atoms with Crippen molar-refractivity contribution in [3.63, 3.8) is 0 Å². The number of carbonyl (C=O) groups is 2. The quantitative estimate of drug-likeness (QED) is 0.185. The Morgan fingerprint density at radius 2 is 1.50 bits per heavy atom. The minimum Gasteiger partial charge on any atom is -0.466 e. The molecule has 0 unspecified atom stereocenters. The van der Waals surface area contributed by atoms with Gasteiger partial charge in [-0.1, -0.05) is 32.6 Å². The highest BCUT2D eigenvalue weighted by Crippen LogP contribution is 2.27. The number of hydrogen-bond acceptors (Lipinski definition) is 7. The standard InChI is InChI=1S/C19H34O7/c1-4-5-6-7-8-9-17(23)26-16(15(2)18(24)25-3)10-11-19(12-20,13-21)14-22/h20-22H,4-14H2,1-3H3. The number of carbonyl (C=O) groups excluding carboxylic acids is 2. The van der Waals surface area contributed by atoms with Crippen molar-refractivity contribution in [2.45, 2.75) is 65.2 Å². The third kappa shape index (κ3) is 8.78. The molecule has 0 aliphatic rings. The molecule has 0 aromatic rings. The van der Waals surface area contributed by atoms with Crippen LogP contribution in [0.3, 0.4) is 0 Å². The van der Waals surface area contributed by atoms with E-state index >= 15 is 0 Å².